The summed E-state index contributed by atoms with van der Waals surface area (Å²) in [5.41, 5.74) is 0. The van der Waals surface area contributed by atoms with E-state index in [-0.39, 0.29) is 6.61 Å². The number of hydrogen-bond donors (Lipinski definition) is 1. The Morgan fingerprint density at radius 1 is 1.38 bits per heavy atom. The van der Waals surface area contributed by atoms with Gasteiger partial charge in [0.1, 0.15) is 0 Å². The zero-order valence-corrected chi connectivity index (χ0v) is 8.03. The Kier molecular flexibility index (Phi) is 3.85. The summed E-state index contributed by atoms with van der Waals surface area (Å²) in [5, 5.41) is 12.3. The Hall–Kier alpha value is -0.940. The zero-order chi connectivity index (χ0) is 9.68. The van der Waals surface area contributed by atoms with E-state index in [2.05, 4.69) is 15.0 Å². The third-order valence-corrected chi connectivity index (χ3v) is 1.62. The van der Waals surface area contributed by atoms with Gasteiger partial charge in [-0.1, -0.05) is 5.16 Å². The van der Waals surface area contributed by atoms with E-state index in [1.165, 1.54) is 0 Å². The number of hydrogen-bond acceptors (Lipinski definition) is 5. The number of nitrogens with zero attached hydrogens (tertiary/aromatic N) is 3. The molecular weight excluding hydrogens is 170 g/mol. The third-order valence-electron chi connectivity index (χ3n) is 1.62. The molecule has 5 heteroatoms. The average Bonchev–Trinajstić information content (AvgIpc) is 2.50. The van der Waals surface area contributed by atoms with Crippen molar-refractivity contribution in [3.05, 3.63) is 11.7 Å². The minimum atomic E-state index is 0.0622. The topological polar surface area (TPSA) is 62.4 Å². The normalized spacial score (nSPS) is 11.1. The van der Waals surface area contributed by atoms with Crippen molar-refractivity contribution >= 4 is 0 Å². The summed E-state index contributed by atoms with van der Waals surface area (Å²) in [6.07, 6.45) is 1.22. The largest absolute Gasteiger partial charge is 0.396 e. The van der Waals surface area contributed by atoms with E-state index < -0.39 is 0 Å². The minimum Gasteiger partial charge on any atom is -0.396 e. The lowest BCUT2D eigenvalue weighted by molar-refractivity contribution is 0.292. The smallest absolute Gasteiger partial charge is 0.227 e. The van der Waals surface area contributed by atoms with Gasteiger partial charge in [0.15, 0.2) is 5.82 Å². The number of likely N-dealkylation sites (N-methyl/N-ethyl adjacent to an activating group) is 1. The van der Waals surface area contributed by atoms with Gasteiger partial charge in [-0.25, -0.2) is 0 Å². The van der Waals surface area contributed by atoms with Crippen molar-refractivity contribution in [2.75, 3.05) is 27.2 Å². The predicted octanol–water partition coefficient (Wildman–Crippen LogP) is -0.292. The minimum absolute atomic E-state index is 0.0622. The molecule has 5 nitrogen and oxygen atoms in total. The van der Waals surface area contributed by atoms with Gasteiger partial charge in [-0.05, 0) is 14.1 Å². The van der Waals surface area contributed by atoms with Crippen molar-refractivity contribution in [1.82, 2.24) is 15.0 Å². The molecule has 13 heavy (non-hydrogen) atoms. The van der Waals surface area contributed by atoms with Crippen LogP contribution >= 0.6 is 0 Å². The fourth-order valence-electron chi connectivity index (χ4n) is 0.912. The maximum absolute atomic E-state index is 8.62. The summed E-state index contributed by atoms with van der Waals surface area (Å²) in [6.45, 7) is 0.952. The molecule has 1 heterocycles. The van der Waals surface area contributed by atoms with E-state index in [9.17, 15) is 0 Å². The van der Waals surface area contributed by atoms with Crippen LogP contribution in [0.2, 0.25) is 0 Å². The Balaban J connectivity index is 2.39. The molecule has 0 saturated carbocycles. The van der Waals surface area contributed by atoms with E-state index in [1.54, 1.807) is 0 Å². The zero-order valence-electron chi connectivity index (χ0n) is 8.03. The molecule has 0 aliphatic carbocycles. The Bertz CT molecular complexity index is 247. The highest BCUT2D eigenvalue weighted by Gasteiger charge is 2.05. The summed E-state index contributed by atoms with van der Waals surface area (Å²) in [5.74, 6) is 1.22. The van der Waals surface area contributed by atoms with Gasteiger partial charge >= 0.3 is 0 Å². The lowest BCUT2D eigenvalue weighted by Crippen LogP contribution is -2.15. The van der Waals surface area contributed by atoms with Crippen LogP contribution in [0.4, 0.5) is 0 Å². The SMILES string of the molecule is CN(C)CCc1nc(CCO)no1. The summed E-state index contributed by atoms with van der Waals surface area (Å²) in [7, 11) is 3.98. The first-order valence-electron chi connectivity index (χ1n) is 4.29. The number of aliphatic hydroxyl groups is 1. The molecule has 0 aromatic carbocycles. The van der Waals surface area contributed by atoms with Gasteiger partial charge in [0, 0.05) is 19.4 Å². The predicted molar refractivity (Wildman–Crippen MR) is 47.3 cm³/mol. The molecule has 0 aliphatic heterocycles. The average molecular weight is 185 g/mol. The number of aliphatic hydroxyl groups excluding tert-OH is 1. The van der Waals surface area contributed by atoms with Gasteiger partial charge < -0.3 is 14.5 Å². The third kappa shape index (κ3) is 3.52. The van der Waals surface area contributed by atoms with E-state index in [4.69, 9.17) is 9.63 Å². The van der Waals surface area contributed by atoms with Crippen LogP contribution in [0, 0.1) is 0 Å². The second kappa shape index (κ2) is 4.94. The summed E-state index contributed by atoms with van der Waals surface area (Å²) >= 11 is 0. The summed E-state index contributed by atoms with van der Waals surface area (Å²) in [6, 6.07) is 0. The van der Waals surface area contributed by atoms with Gasteiger partial charge in [0.25, 0.3) is 0 Å². The molecule has 1 rings (SSSR count). The highest BCUT2D eigenvalue weighted by Crippen LogP contribution is 1.99. The van der Waals surface area contributed by atoms with Gasteiger partial charge in [-0.3, -0.25) is 0 Å². The van der Waals surface area contributed by atoms with Crippen LogP contribution in [0.3, 0.4) is 0 Å². The van der Waals surface area contributed by atoms with Crippen LogP contribution < -0.4 is 0 Å². The standard InChI is InChI=1S/C8H15N3O2/c1-11(2)5-3-8-9-7(4-6-12)10-13-8/h12H,3-6H2,1-2H3. The fourth-order valence-corrected chi connectivity index (χ4v) is 0.912. The van der Waals surface area contributed by atoms with Gasteiger partial charge in [-0.15, -0.1) is 0 Å². The Morgan fingerprint density at radius 2 is 2.15 bits per heavy atom. The van der Waals surface area contributed by atoms with Gasteiger partial charge in [0.05, 0.1) is 6.61 Å². The molecule has 0 bridgehead atoms. The second-order valence-electron chi connectivity index (χ2n) is 3.13. The lowest BCUT2D eigenvalue weighted by Gasteiger charge is -2.05. The van der Waals surface area contributed by atoms with Crippen molar-refractivity contribution < 1.29 is 9.63 Å². The second-order valence-corrected chi connectivity index (χ2v) is 3.13. The molecule has 0 radical (unpaired) electrons. The van der Waals surface area contributed by atoms with Crippen molar-refractivity contribution in [2.24, 2.45) is 0 Å². The molecule has 1 aromatic rings. The number of aromatic nitrogens is 2. The van der Waals surface area contributed by atoms with Crippen LogP contribution in [0.5, 0.6) is 0 Å². The molecule has 1 N–H and O–H groups in total. The van der Waals surface area contributed by atoms with Crippen LogP contribution in [0.25, 0.3) is 0 Å². The van der Waals surface area contributed by atoms with Crippen molar-refractivity contribution in [3.63, 3.8) is 0 Å². The highest BCUT2D eigenvalue weighted by molar-refractivity contribution is 4.86. The van der Waals surface area contributed by atoms with Gasteiger partial charge in [0.2, 0.25) is 5.89 Å². The van der Waals surface area contributed by atoms with E-state index in [0.717, 1.165) is 13.0 Å². The highest BCUT2D eigenvalue weighted by atomic mass is 16.5. The Morgan fingerprint density at radius 3 is 2.77 bits per heavy atom. The van der Waals surface area contributed by atoms with E-state index >= 15 is 0 Å². The van der Waals surface area contributed by atoms with Crippen LogP contribution in [-0.2, 0) is 12.8 Å². The van der Waals surface area contributed by atoms with Crippen molar-refractivity contribution in [3.8, 4) is 0 Å². The first-order chi connectivity index (χ1) is 6.22. The Labute approximate surface area is 77.4 Å². The van der Waals surface area contributed by atoms with Gasteiger partial charge in [-0.2, -0.15) is 4.98 Å². The van der Waals surface area contributed by atoms with E-state index in [0.29, 0.717) is 18.1 Å². The maximum Gasteiger partial charge on any atom is 0.227 e. The lowest BCUT2D eigenvalue weighted by atomic mass is 10.4. The molecular formula is C8H15N3O2. The molecule has 1 aromatic heterocycles. The quantitative estimate of drug-likeness (QED) is 0.683. The first kappa shape index (κ1) is 10.1. The maximum atomic E-state index is 8.62. The van der Waals surface area contributed by atoms with Crippen molar-refractivity contribution in [2.45, 2.75) is 12.8 Å². The molecule has 0 spiro atoms. The molecule has 0 atom stereocenters. The molecule has 0 fully saturated rings. The molecule has 0 amide bonds. The first-order valence-corrected chi connectivity index (χ1v) is 4.29. The summed E-state index contributed by atoms with van der Waals surface area (Å²) < 4.78 is 4.97. The summed E-state index contributed by atoms with van der Waals surface area (Å²) in [4.78, 5) is 6.16. The monoisotopic (exact) mass is 185 g/mol. The van der Waals surface area contributed by atoms with Crippen LogP contribution in [0.15, 0.2) is 4.52 Å². The number of rotatable bonds is 5. The van der Waals surface area contributed by atoms with Crippen molar-refractivity contribution in [1.29, 1.82) is 0 Å². The van der Waals surface area contributed by atoms with Crippen LogP contribution in [0.1, 0.15) is 11.7 Å². The van der Waals surface area contributed by atoms with Crippen LogP contribution in [-0.4, -0.2) is 47.4 Å². The molecule has 0 aliphatic rings. The molecule has 74 valence electrons. The van der Waals surface area contributed by atoms with E-state index in [1.807, 2.05) is 14.1 Å². The fraction of sp³-hybridized carbons (Fsp3) is 0.750. The molecule has 0 unspecified atom stereocenters. The molecule has 0 saturated heterocycles.